The number of rotatable bonds is 7. The first-order valence-electron chi connectivity index (χ1n) is 10.8. The molecule has 0 aliphatic carbocycles. The van der Waals surface area contributed by atoms with Gasteiger partial charge in [0.1, 0.15) is 11.2 Å². The highest BCUT2D eigenvalue weighted by molar-refractivity contribution is 5.77. The van der Waals surface area contributed by atoms with Crippen LogP contribution in [0.3, 0.4) is 0 Å². The molecule has 7 nitrogen and oxygen atoms in total. The molecule has 4 rings (SSSR count). The highest BCUT2D eigenvalue weighted by atomic mass is 16.1. The first-order valence-corrected chi connectivity index (χ1v) is 10.8. The van der Waals surface area contributed by atoms with Gasteiger partial charge in [-0.1, -0.05) is 49.4 Å². The van der Waals surface area contributed by atoms with Crippen molar-refractivity contribution >= 4 is 17.1 Å². The highest BCUT2D eigenvalue weighted by Gasteiger charge is 2.18. The topological polar surface area (TPSA) is 81.8 Å². The van der Waals surface area contributed by atoms with Crippen LogP contribution in [0.2, 0.25) is 0 Å². The fourth-order valence-electron chi connectivity index (χ4n) is 3.74. The van der Waals surface area contributed by atoms with E-state index in [0.29, 0.717) is 23.4 Å². The van der Waals surface area contributed by atoms with Crippen LogP contribution < -0.4 is 10.9 Å². The fourth-order valence-corrected chi connectivity index (χ4v) is 3.74. The molecule has 7 heteroatoms. The quantitative estimate of drug-likeness (QED) is 0.489. The molecule has 0 aliphatic rings. The van der Waals surface area contributed by atoms with Crippen LogP contribution in [0.1, 0.15) is 35.9 Å². The van der Waals surface area contributed by atoms with Crippen molar-refractivity contribution in [3.8, 4) is 5.69 Å². The maximum absolute atomic E-state index is 13.0. The predicted octanol–water partition coefficient (Wildman–Crippen LogP) is 3.24. The third kappa shape index (κ3) is 4.32. The lowest BCUT2D eigenvalue weighted by Crippen LogP contribution is -2.27. The second-order valence-corrected chi connectivity index (χ2v) is 7.87. The molecular formula is C25H27N5O2. The molecule has 32 heavy (non-hydrogen) atoms. The Hall–Kier alpha value is -3.74. The molecule has 0 fully saturated rings. The SMILES string of the molecule is CCc1ccc(CNC(=O)CCc2nc3c(C)nn(-c4ccccc4)c3n(C)c2=O)cc1. The maximum atomic E-state index is 13.0. The van der Waals surface area contributed by atoms with Crippen LogP contribution in [-0.2, 0) is 31.2 Å². The minimum Gasteiger partial charge on any atom is -0.352 e. The third-order valence-corrected chi connectivity index (χ3v) is 5.63. The molecule has 0 saturated carbocycles. The third-order valence-electron chi connectivity index (χ3n) is 5.63. The Morgan fingerprint density at radius 1 is 1.03 bits per heavy atom. The molecule has 0 unspecified atom stereocenters. The molecule has 1 N–H and O–H groups in total. The zero-order valence-electron chi connectivity index (χ0n) is 18.6. The van der Waals surface area contributed by atoms with Crippen molar-refractivity contribution in [3.63, 3.8) is 0 Å². The van der Waals surface area contributed by atoms with E-state index in [9.17, 15) is 9.59 Å². The van der Waals surface area contributed by atoms with Crippen molar-refractivity contribution in [2.75, 3.05) is 0 Å². The van der Waals surface area contributed by atoms with Gasteiger partial charge in [-0.2, -0.15) is 5.10 Å². The first-order chi connectivity index (χ1) is 15.5. The van der Waals surface area contributed by atoms with Gasteiger partial charge in [0.15, 0.2) is 5.65 Å². The smallest absolute Gasteiger partial charge is 0.273 e. The number of hydrogen-bond donors (Lipinski definition) is 1. The zero-order valence-corrected chi connectivity index (χ0v) is 18.6. The van der Waals surface area contributed by atoms with E-state index in [1.807, 2.05) is 49.4 Å². The molecule has 2 aromatic carbocycles. The van der Waals surface area contributed by atoms with Gasteiger partial charge in [-0.25, -0.2) is 9.67 Å². The normalized spacial score (nSPS) is 11.1. The Bertz CT molecular complexity index is 1300. The lowest BCUT2D eigenvalue weighted by molar-refractivity contribution is -0.121. The van der Waals surface area contributed by atoms with Crippen LogP contribution in [0.4, 0.5) is 0 Å². The van der Waals surface area contributed by atoms with Crippen LogP contribution in [0.5, 0.6) is 0 Å². The maximum Gasteiger partial charge on any atom is 0.273 e. The molecule has 0 spiro atoms. The summed E-state index contributed by atoms with van der Waals surface area (Å²) < 4.78 is 3.30. The molecule has 2 aromatic heterocycles. The minimum atomic E-state index is -0.211. The number of carbonyl (C=O) groups excluding carboxylic acids is 1. The summed E-state index contributed by atoms with van der Waals surface area (Å²) in [4.78, 5) is 29.9. The van der Waals surface area contributed by atoms with Gasteiger partial charge in [0.2, 0.25) is 5.91 Å². The average Bonchev–Trinajstić information content (AvgIpc) is 3.16. The van der Waals surface area contributed by atoms with E-state index in [0.717, 1.165) is 23.4 Å². The van der Waals surface area contributed by atoms with E-state index in [-0.39, 0.29) is 24.3 Å². The molecule has 1 amide bonds. The van der Waals surface area contributed by atoms with Gasteiger partial charge in [0, 0.05) is 26.4 Å². The van der Waals surface area contributed by atoms with E-state index in [4.69, 9.17) is 0 Å². The van der Waals surface area contributed by atoms with Crippen molar-refractivity contribution in [2.45, 2.75) is 39.7 Å². The summed E-state index contributed by atoms with van der Waals surface area (Å²) >= 11 is 0. The number of hydrogen-bond acceptors (Lipinski definition) is 4. The Morgan fingerprint density at radius 3 is 2.41 bits per heavy atom. The van der Waals surface area contributed by atoms with E-state index in [1.165, 1.54) is 5.56 Å². The van der Waals surface area contributed by atoms with Crippen LogP contribution in [0.25, 0.3) is 16.9 Å². The van der Waals surface area contributed by atoms with E-state index >= 15 is 0 Å². The predicted molar refractivity (Wildman–Crippen MR) is 125 cm³/mol. The van der Waals surface area contributed by atoms with Crippen molar-refractivity contribution in [3.05, 3.63) is 87.5 Å². The fraction of sp³-hybridized carbons (Fsp3) is 0.280. The molecule has 0 atom stereocenters. The van der Waals surface area contributed by atoms with Crippen molar-refractivity contribution in [1.82, 2.24) is 24.6 Å². The van der Waals surface area contributed by atoms with Gasteiger partial charge in [-0.3, -0.25) is 14.2 Å². The summed E-state index contributed by atoms with van der Waals surface area (Å²) in [7, 11) is 1.72. The van der Waals surface area contributed by atoms with Gasteiger partial charge in [-0.05, 0) is 36.6 Å². The lowest BCUT2D eigenvalue weighted by atomic mass is 10.1. The molecule has 0 bridgehead atoms. The molecule has 0 aliphatic heterocycles. The van der Waals surface area contributed by atoms with Gasteiger partial charge in [0.05, 0.1) is 11.4 Å². The zero-order chi connectivity index (χ0) is 22.7. The number of nitrogens with zero attached hydrogens (tertiary/aromatic N) is 4. The second kappa shape index (κ2) is 9.18. The number of nitrogens with one attached hydrogen (secondary N) is 1. The summed E-state index contributed by atoms with van der Waals surface area (Å²) in [6, 6.07) is 17.8. The summed E-state index contributed by atoms with van der Waals surface area (Å²) in [5.41, 5.74) is 5.39. The largest absolute Gasteiger partial charge is 0.352 e. The van der Waals surface area contributed by atoms with E-state index in [1.54, 1.807) is 16.3 Å². The Labute approximate surface area is 186 Å². The average molecular weight is 430 g/mol. The number of amides is 1. The molecule has 0 saturated heterocycles. The van der Waals surface area contributed by atoms with Gasteiger partial charge >= 0.3 is 0 Å². The summed E-state index contributed by atoms with van der Waals surface area (Å²) in [6.07, 6.45) is 1.47. The van der Waals surface area contributed by atoms with Gasteiger partial charge < -0.3 is 5.32 Å². The molecule has 164 valence electrons. The van der Waals surface area contributed by atoms with E-state index in [2.05, 4.69) is 34.5 Å². The number of para-hydroxylation sites is 1. The van der Waals surface area contributed by atoms with E-state index < -0.39 is 0 Å². The monoisotopic (exact) mass is 429 g/mol. The molecule has 4 aromatic rings. The van der Waals surface area contributed by atoms with Crippen LogP contribution in [-0.4, -0.2) is 25.2 Å². The highest BCUT2D eigenvalue weighted by Crippen LogP contribution is 2.19. The minimum absolute atomic E-state index is 0.106. The van der Waals surface area contributed by atoms with Crippen molar-refractivity contribution in [1.29, 1.82) is 0 Å². The lowest BCUT2D eigenvalue weighted by Gasteiger charge is -2.09. The number of carbonyl (C=O) groups is 1. The number of benzene rings is 2. The van der Waals surface area contributed by atoms with Crippen LogP contribution in [0.15, 0.2) is 59.4 Å². The summed E-state index contributed by atoms with van der Waals surface area (Å²) in [6.45, 7) is 4.45. The second-order valence-electron chi connectivity index (χ2n) is 7.87. The Balaban J connectivity index is 1.50. The van der Waals surface area contributed by atoms with Crippen LogP contribution >= 0.6 is 0 Å². The number of aromatic nitrogens is 4. The summed E-state index contributed by atoms with van der Waals surface area (Å²) in [5, 5.41) is 7.51. The number of fused-ring (bicyclic) bond motifs is 1. The first kappa shape index (κ1) is 21.5. The van der Waals surface area contributed by atoms with Gasteiger partial charge in [-0.15, -0.1) is 0 Å². The standard InChI is InChI=1S/C25H27N5O2/c1-4-18-10-12-19(13-11-18)16-26-22(31)15-14-21-25(32)29(3)24-23(27-21)17(2)28-30(24)20-8-6-5-7-9-20/h5-13H,4,14-16H2,1-3H3,(H,26,31). The molecular weight excluding hydrogens is 402 g/mol. The Kier molecular flexibility index (Phi) is 6.16. The van der Waals surface area contributed by atoms with Gasteiger partial charge in [0.25, 0.3) is 5.56 Å². The summed E-state index contributed by atoms with van der Waals surface area (Å²) in [5.74, 6) is -0.106. The molecule has 2 heterocycles. The van der Waals surface area contributed by atoms with Crippen LogP contribution in [0, 0.1) is 6.92 Å². The molecule has 0 radical (unpaired) electrons. The van der Waals surface area contributed by atoms with Crippen molar-refractivity contribution < 1.29 is 4.79 Å². The van der Waals surface area contributed by atoms with Crippen molar-refractivity contribution in [2.24, 2.45) is 7.05 Å². The Morgan fingerprint density at radius 2 is 1.72 bits per heavy atom. The number of aryl methyl sites for hydroxylation is 4.